The molecule has 0 unspecified atom stereocenters. The van der Waals surface area contributed by atoms with Crippen LogP contribution in [-0.4, -0.2) is 60.5 Å². The van der Waals surface area contributed by atoms with E-state index >= 15 is 0 Å². The van der Waals surface area contributed by atoms with E-state index in [2.05, 4.69) is 30.6 Å². The largest absolute Gasteiger partial charge is 0.401 e. The molecule has 4 heterocycles. The van der Waals surface area contributed by atoms with E-state index in [-0.39, 0.29) is 5.92 Å². The molecule has 0 amide bonds. The minimum atomic E-state index is -4.14. The Morgan fingerprint density at radius 1 is 1.06 bits per heavy atom. The second-order valence-electron chi connectivity index (χ2n) is 7.89. The van der Waals surface area contributed by atoms with Gasteiger partial charge < -0.3 is 5.32 Å². The molecule has 0 spiro atoms. The molecule has 4 aromatic rings. The number of nitrogens with zero attached hydrogens (tertiary/aromatic N) is 6. The van der Waals surface area contributed by atoms with Gasteiger partial charge in [0, 0.05) is 17.4 Å². The van der Waals surface area contributed by atoms with Crippen LogP contribution >= 0.6 is 0 Å². The number of benzene rings is 1. The van der Waals surface area contributed by atoms with E-state index in [0.717, 1.165) is 35.3 Å². The van der Waals surface area contributed by atoms with E-state index < -0.39 is 12.7 Å². The Morgan fingerprint density at radius 3 is 2.53 bits per heavy atom. The number of hydrogen-bond donors (Lipinski definition) is 2. The summed E-state index contributed by atoms with van der Waals surface area (Å²) in [5.41, 5.74) is 4.19. The number of rotatable bonds is 5. The molecular formula is C21H21F3N8. The summed E-state index contributed by atoms with van der Waals surface area (Å²) in [6, 6.07) is 7.95. The average molecular weight is 442 g/mol. The molecule has 0 aliphatic carbocycles. The van der Waals surface area contributed by atoms with Crippen molar-refractivity contribution in [2.45, 2.75) is 24.9 Å². The van der Waals surface area contributed by atoms with Crippen molar-refractivity contribution in [3.8, 4) is 11.3 Å². The fourth-order valence-corrected chi connectivity index (χ4v) is 4.15. The van der Waals surface area contributed by atoms with Crippen molar-refractivity contribution in [3.05, 3.63) is 54.7 Å². The molecule has 32 heavy (non-hydrogen) atoms. The van der Waals surface area contributed by atoms with E-state index in [1.54, 1.807) is 23.1 Å². The number of alkyl halides is 3. The lowest BCUT2D eigenvalue weighted by Crippen LogP contribution is -2.39. The maximum Gasteiger partial charge on any atom is 0.401 e. The summed E-state index contributed by atoms with van der Waals surface area (Å²) in [5, 5.41) is 14.3. The van der Waals surface area contributed by atoms with Gasteiger partial charge in [0.2, 0.25) is 0 Å². The highest BCUT2D eigenvalue weighted by Crippen LogP contribution is 2.31. The van der Waals surface area contributed by atoms with Gasteiger partial charge in [0.05, 0.1) is 24.6 Å². The number of anilines is 2. The van der Waals surface area contributed by atoms with Gasteiger partial charge in [-0.15, -0.1) is 0 Å². The number of piperidine rings is 1. The maximum absolute atomic E-state index is 12.6. The highest BCUT2D eigenvalue weighted by atomic mass is 19.4. The molecular weight excluding hydrogens is 421 g/mol. The molecule has 3 aromatic heterocycles. The molecule has 1 fully saturated rings. The first-order valence-electron chi connectivity index (χ1n) is 10.3. The first kappa shape index (κ1) is 20.4. The quantitative estimate of drug-likeness (QED) is 0.486. The molecule has 166 valence electrons. The van der Waals surface area contributed by atoms with Gasteiger partial charge in [-0.25, -0.2) is 14.5 Å². The molecule has 8 nitrogen and oxygen atoms in total. The summed E-state index contributed by atoms with van der Waals surface area (Å²) in [7, 11) is 0. The highest BCUT2D eigenvalue weighted by molar-refractivity contribution is 5.73. The van der Waals surface area contributed by atoms with E-state index in [0.29, 0.717) is 24.6 Å². The third-order valence-electron chi connectivity index (χ3n) is 5.73. The number of fused-ring (bicyclic) bond motifs is 1. The van der Waals surface area contributed by atoms with Crippen molar-refractivity contribution in [1.29, 1.82) is 0 Å². The zero-order chi connectivity index (χ0) is 22.1. The zero-order valence-corrected chi connectivity index (χ0v) is 17.0. The van der Waals surface area contributed by atoms with Crippen molar-refractivity contribution in [2.75, 3.05) is 25.0 Å². The van der Waals surface area contributed by atoms with Crippen LogP contribution in [0, 0.1) is 0 Å². The lowest BCUT2D eigenvalue weighted by Gasteiger charge is -2.32. The van der Waals surface area contributed by atoms with Crippen LogP contribution in [0.3, 0.4) is 0 Å². The predicted molar refractivity (Wildman–Crippen MR) is 113 cm³/mol. The van der Waals surface area contributed by atoms with Gasteiger partial charge in [0.1, 0.15) is 6.33 Å². The minimum absolute atomic E-state index is 0.268. The van der Waals surface area contributed by atoms with Crippen molar-refractivity contribution < 1.29 is 13.2 Å². The number of halogens is 3. The third kappa shape index (κ3) is 4.28. The van der Waals surface area contributed by atoms with E-state index in [1.807, 2.05) is 24.3 Å². The number of aromatic amines is 1. The fourth-order valence-electron chi connectivity index (χ4n) is 4.15. The van der Waals surface area contributed by atoms with Crippen molar-refractivity contribution in [2.24, 2.45) is 0 Å². The Hall–Kier alpha value is -3.47. The summed E-state index contributed by atoms with van der Waals surface area (Å²) in [6.07, 6.45) is 3.94. The topological polar surface area (TPSA) is 87.0 Å². The van der Waals surface area contributed by atoms with Crippen LogP contribution in [0.1, 0.15) is 24.3 Å². The molecule has 1 aliphatic rings. The number of H-pyrrole nitrogens is 1. The Morgan fingerprint density at radius 2 is 1.84 bits per heavy atom. The molecule has 11 heteroatoms. The smallest absolute Gasteiger partial charge is 0.337 e. The minimum Gasteiger partial charge on any atom is -0.337 e. The summed E-state index contributed by atoms with van der Waals surface area (Å²) in [5.74, 6) is 0.840. The number of likely N-dealkylation sites (tertiary alicyclic amines) is 1. The summed E-state index contributed by atoms with van der Waals surface area (Å²) in [4.78, 5) is 10.3. The highest BCUT2D eigenvalue weighted by Gasteiger charge is 2.32. The number of aromatic nitrogens is 6. The van der Waals surface area contributed by atoms with Crippen LogP contribution in [0.25, 0.3) is 16.9 Å². The van der Waals surface area contributed by atoms with Gasteiger partial charge in [-0.1, -0.05) is 12.1 Å². The normalized spacial score (nSPS) is 16.0. The van der Waals surface area contributed by atoms with Crippen LogP contribution in [0.2, 0.25) is 0 Å². The summed E-state index contributed by atoms with van der Waals surface area (Å²) < 4.78 is 39.5. The van der Waals surface area contributed by atoms with Gasteiger partial charge in [0.25, 0.3) is 0 Å². The summed E-state index contributed by atoms with van der Waals surface area (Å²) >= 11 is 0. The molecule has 1 aliphatic heterocycles. The van der Waals surface area contributed by atoms with E-state index in [4.69, 9.17) is 0 Å². The standard InChI is InChI=1S/C21H21F3N8/c22-21(23,24)12-31-7-5-15(6-8-31)14-1-3-17(4-2-14)30-19-20-26-13-29-32(20)18(11-25-19)16-9-27-28-10-16/h1-4,9-11,13,15H,5-8,12H2,(H,25,30)(H,27,28). The molecule has 2 N–H and O–H groups in total. The van der Waals surface area contributed by atoms with Crippen LogP contribution in [0.5, 0.6) is 0 Å². The Bertz CT molecular complexity index is 1180. The Labute approximate surface area is 181 Å². The molecule has 5 rings (SSSR count). The number of hydrogen-bond acceptors (Lipinski definition) is 6. The maximum atomic E-state index is 12.6. The van der Waals surface area contributed by atoms with Gasteiger partial charge in [-0.2, -0.15) is 23.4 Å². The van der Waals surface area contributed by atoms with Crippen LogP contribution in [0.4, 0.5) is 24.7 Å². The first-order valence-corrected chi connectivity index (χ1v) is 10.3. The van der Waals surface area contributed by atoms with Gasteiger partial charge in [0.15, 0.2) is 11.5 Å². The molecule has 1 saturated heterocycles. The molecule has 1 aromatic carbocycles. The monoisotopic (exact) mass is 442 g/mol. The fraction of sp³-hybridized carbons (Fsp3) is 0.333. The first-order chi connectivity index (χ1) is 15.5. The number of nitrogens with one attached hydrogen (secondary N) is 2. The summed E-state index contributed by atoms with van der Waals surface area (Å²) in [6.45, 7) is 0.0933. The van der Waals surface area contributed by atoms with Crippen LogP contribution in [0.15, 0.2) is 49.2 Å². The van der Waals surface area contributed by atoms with Crippen molar-refractivity contribution in [1.82, 2.24) is 34.7 Å². The lowest BCUT2D eigenvalue weighted by atomic mass is 9.89. The third-order valence-corrected chi connectivity index (χ3v) is 5.73. The van der Waals surface area contributed by atoms with E-state index in [9.17, 15) is 13.2 Å². The predicted octanol–water partition coefficient (Wildman–Crippen LogP) is 4.00. The average Bonchev–Trinajstić information content (AvgIpc) is 3.47. The zero-order valence-electron chi connectivity index (χ0n) is 17.0. The Balaban J connectivity index is 1.27. The molecule has 0 atom stereocenters. The SMILES string of the molecule is FC(F)(F)CN1CCC(c2ccc(Nc3ncc(-c4cn[nH]c4)n4ncnc34)cc2)CC1. The molecule has 0 saturated carbocycles. The van der Waals surface area contributed by atoms with Crippen LogP contribution < -0.4 is 5.32 Å². The molecule has 0 bridgehead atoms. The molecule has 0 radical (unpaired) electrons. The Kier molecular flexibility index (Phi) is 5.25. The van der Waals surface area contributed by atoms with E-state index in [1.165, 1.54) is 11.2 Å². The lowest BCUT2D eigenvalue weighted by molar-refractivity contribution is -0.147. The van der Waals surface area contributed by atoms with Gasteiger partial charge in [-0.05, 0) is 49.5 Å². The van der Waals surface area contributed by atoms with Gasteiger partial charge in [-0.3, -0.25) is 10.00 Å². The van der Waals surface area contributed by atoms with Crippen molar-refractivity contribution in [3.63, 3.8) is 0 Å². The van der Waals surface area contributed by atoms with Crippen molar-refractivity contribution >= 4 is 17.2 Å². The van der Waals surface area contributed by atoms with Crippen LogP contribution in [-0.2, 0) is 0 Å². The second-order valence-corrected chi connectivity index (χ2v) is 7.89. The second kappa shape index (κ2) is 8.23. The van der Waals surface area contributed by atoms with Gasteiger partial charge >= 0.3 is 6.18 Å².